The Morgan fingerprint density at radius 3 is 2.85 bits per heavy atom. The molecule has 2 N–H and O–H groups in total. The Labute approximate surface area is 175 Å². The second-order valence-corrected chi connectivity index (χ2v) is 6.59. The molecule has 0 bridgehead atoms. The molecule has 142 valence electrons. The molecule has 0 aliphatic carbocycles. The van der Waals surface area contributed by atoms with Crippen LogP contribution >= 0.6 is 35.3 Å². The van der Waals surface area contributed by atoms with Crippen LogP contribution in [0.25, 0.3) is 0 Å². The van der Waals surface area contributed by atoms with Crippen molar-refractivity contribution in [3.05, 3.63) is 39.8 Å². The number of nitrogens with zero attached hydrogens (tertiary/aromatic N) is 2. The van der Waals surface area contributed by atoms with Gasteiger partial charge in [-0.15, -0.1) is 35.3 Å². The summed E-state index contributed by atoms with van der Waals surface area (Å²) < 4.78 is 10.8. The lowest BCUT2D eigenvalue weighted by Gasteiger charge is -2.11. The third-order valence-electron chi connectivity index (χ3n) is 3.79. The maximum absolute atomic E-state index is 5.42. The topological polar surface area (TPSA) is 67.8 Å². The van der Waals surface area contributed by atoms with Gasteiger partial charge in [0.1, 0.15) is 0 Å². The summed E-state index contributed by atoms with van der Waals surface area (Å²) in [6.45, 7) is 6.71. The summed E-state index contributed by atoms with van der Waals surface area (Å²) in [5, 5.41) is 9.88. The zero-order valence-electron chi connectivity index (χ0n) is 15.1. The number of hydrogen-bond donors (Lipinski definition) is 2. The number of aromatic nitrogens is 1. The normalized spacial score (nSPS) is 12.6. The van der Waals surface area contributed by atoms with Crippen LogP contribution in [0.5, 0.6) is 11.5 Å². The summed E-state index contributed by atoms with van der Waals surface area (Å²) in [5.74, 6) is 2.46. The molecule has 0 saturated carbocycles. The molecule has 2 aromatic rings. The minimum Gasteiger partial charge on any atom is -0.454 e. The molecule has 2 heterocycles. The highest BCUT2D eigenvalue weighted by atomic mass is 127. The summed E-state index contributed by atoms with van der Waals surface area (Å²) in [6.07, 6.45) is 1.86. The number of rotatable bonds is 7. The molecule has 0 spiro atoms. The Morgan fingerprint density at radius 2 is 2.08 bits per heavy atom. The molecule has 26 heavy (non-hydrogen) atoms. The molecule has 0 saturated heterocycles. The number of guanidine groups is 1. The van der Waals surface area contributed by atoms with Gasteiger partial charge in [-0.2, -0.15) is 0 Å². The van der Waals surface area contributed by atoms with Crippen molar-refractivity contribution in [3.63, 3.8) is 0 Å². The van der Waals surface area contributed by atoms with Crippen molar-refractivity contribution in [3.8, 4) is 11.5 Å². The second-order valence-electron chi connectivity index (χ2n) is 5.65. The van der Waals surface area contributed by atoms with Gasteiger partial charge >= 0.3 is 0 Å². The average Bonchev–Trinajstić information content (AvgIpc) is 3.28. The molecule has 1 aliphatic heterocycles. The van der Waals surface area contributed by atoms with Crippen molar-refractivity contribution in [2.75, 3.05) is 19.9 Å². The summed E-state index contributed by atoms with van der Waals surface area (Å²) in [6, 6.07) is 6.07. The lowest BCUT2D eigenvalue weighted by molar-refractivity contribution is 0.174. The maximum atomic E-state index is 5.42. The first-order chi connectivity index (χ1) is 12.3. The molecule has 0 atom stereocenters. The van der Waals surface area contributed by atoms with Gasteiger partial charge in [-0.05, 0) is 37.5 Å². The largest absolute Gasteiger partial charge is 0.454 e. The summed E-state index contributed by atoms with van der Waals surface area (Å²) >= 11 is 1.70. The fourth-order valence-electron chi connectivity index (χ4n) is 2.51. The van der Waals surface area contributed by atoms with Gasteiger partial charge in [-0.1, -0.05) is 13.0 Å². The molecule has 8 heteroatoms. The van der Waals surface area contributed by atoms with Gasteiger partial charge in [0.05, 0.1) is 17.2 Å². The Bertz CT molecular complexity index is 736. The molecule has 0 radical (unpaired) electrons. The maximum Gasteiger partial charge on any atom is 0.231 e. The van der Waals surface area contributed by atoms with Gasteiger partial charge in [0.25, 0.3) is 0 Å². The quantitative estimate of drug-likeness (QED) is 0.356. The first-order valence-corrected chi connectivity index (χ1v) is 9.50. The summed E-state index contributed by atoms with van der Waals surface area (Å²) in [7, 11) is 0. The van der Waals surface area contributed by atoms with Gasteiger partial charge in [0, 0.05) is 18.5 Å². The van der Waals surface area contributed by atoms with E-state index < -0.39 is 0 Å². The van der Waals surface area contributed by atoms with Crippen LogP contribution in [0.1, 0.15) is 30.1 Å². The highest BCUT2D eigenvalue weighted by Gasteiger charge is 2.12. The Kier molecular flexibility index (Phi) is 8.43. The Hall–Kier alpha value is -1.55. The molecule has 1 aromatic carbocycles. The Balaban J connectivity index is 0.00000243. The second kappa shape index (κ2) is 10.6. The van der Waals surface area contributed by atoms with Crippen LogP contribution < -0.4 is 20.1 Å². The van der Waals surface area contributed by atoms with Crippen molar-refractivity contribution in [1.82, 2.24) is 15.6 Å². The van der Waals surface area contributed by atoms with Crippen LogP contribution in [0, 0.1) is 0 Å². The highest BCUT2D eigenvalue weighted by Crippen LogP contribution is 2.32. The van der Waals surface area contributed by atoms with Crippen LogP contribution in [0.3, 0.4) is 0 Å². The molecule has 3 rings (SSSR count). The van der Waals surface area contributed by atoms with E-state index in [4.69, 9.17) is 9.47 Å². The lowest BCUT2D eigenvalue weighted by Crippen LogP contribution is -2.38. The van der Waals surface area contributed by atoms with Crippen LogP contribution in [0.15, 0.2) is 28.6 Å². The first kappa shape index (κ1) is 20.8. The molecule has 0 unspecified atom stereocenters. The van der Waals surface area contributed by atoms with E-state index in [0.29, 0.717) is 13.3 Å². The van der Waals surface area contributed by atoms with Gasteiger partial charge in [0.15, 0.2) is 17.5 Å². The highest BCUT2D eigenvalue weighted by molar-refractivity contribution is 14.0. The third kappa shape index (κ3) is 5.73. The van der Waals surface area contributed by atoms with Crippen molar-refractivity contribution in [2.45, 2.75) is 33.2 Å². The third-order valence-corrected chi connectivity index (χ3v) is 4.83. The van der Waals surface area contributed by atoms with Gasteiger partial charge in [-0.25, -0.2) is 9.98 Å². The van der Waals surface area contributed by atoms with Crippen LogP contribution in [-0.4, -0.2) is 30.8 Å². The van der Waals surface area contributed by atoms with E-state index in [9.17, 15) is 0 Å². The number of hydrogen-bond acceptors (Lipinski definition) is 5. The number of nitrogens with one attached hydrogen (secondary N) is 2. The number of ether oxygens (including phenoxy) is 2. The average molecular weight is 488 g/mol. The molecule has 1 aliphatic rings. The van der Waals surface area contributed by atoms with Crippen LogP contribution in [0.4, 0.5) is 0 Å². The predicted octanol–water partition coefficient (Wildman–Crippen LogP) is 3.35. The fourth-order valence-corrected chi connectivity index (χ4v) is 3.24. The number of fused-ring (bicyclic) bond motifs is 1. The van der Waals surface area contributed by atoms with Crippen LogP contribution in [0.2, 0.25) is 0 Å². The van der Waals surface area contributed by atoms with Gasteiger partial charge < -0.3 is 20.1 Å². The number of halogens is 1. The van der Waals surface area contributed by atoms with Gasteiger partial charge in [0.2, 0.25) is 6.79 Å². The molecule has 1 aromatic heterocycles. The van der Waals surface area contributed by atoms with E-state index in [0.717, 1.165) is 54.1 Å². The molecule has 0 amide bonds. The standard InChI is InChI=1S/C18H24N4O2S.HI/c1-3-17-22-14(11-25-17)10-21-18(19-4-2)20-8-7-13-5-6-15-16(9-13)24-12-23-15;/h5-6,9,11H,3-4,7-8,10,12H2,1-2H3,(H2,19,20,21);1H. The predicted molar refractivity (Wildman–Crippen MR) is 116 cm³/mol. The summed E-state index contributed by atoms with van der Waals surface area (Å²) in [5.41, 5.74) is 2.23. The first-order valence-electron chi connectivity index (χ1n) is 8.62. The summed E-state index contributed by atoms with van der Waals surface area (Å²) in [4.78, 5) is 9.17. The van der Waals surface area contributed by atoms with E-state index >= 15 is 0 Å². The fraction of sp³-hybridized carbons (Fsp3) is 0.444. The SMILES string of the molecule is CCNC(=NCc1csc(CC)n1)NCCc1ccc2c(c1)OCO2.I. The van der Waals surface area contributed by atoms with E-state index in [1.54, 1.807) is 11.3 Å². The minimum absolute atomic E-state index is 0. The van der Waals surface area contributed by atoms with E-state index in [2.05, 4.69) is 45.9 Å². The zero-order chi connectivity index (χ0) is 17.5. The monoisotopic (exact) mass is 488 g/mol. The zero-order valence-corrected chi connectivity index (χ0v) is 18.2. The van der Waals surface area contributed by atoms with Crippen molar-refractivity contribution < 1.29 is 9.47 Å². The Morgan fingerprint density at radius 1 is 1.23 bits per heavy atom. The van der Waals surface area contributed by atoms with Crippen LogP contribution in [-0.2, 0) is 19.4 Å². The number of aliphatic imine (C=N–C) groups is 1. The molecule has 6 nitrogen and oxygen atoms in total. The molecular weight excluding hydrogens is 463 g/mol. The number of aryl methyl sites for hydroxylation is 1. The molecular formula is C18H25IN4O2S. The number of thiazole rings is 1. The van der Waals surface area contributed by atoms with E-state index in [1.807, 2.05) is 12.1 Å². The smallest absolute Gasteiger partial charge is 0.231 e. The van der Waals surface area contributed by atoms with Crippen molar-refractivity contribution >= 4 is 41.3 Å². The number of benzene rings is 1. The van der Waals surface area contributed by atoms with Crippen molar-refractivity contribution in [2.24, 2.45) is 4.99 Å². The van der Waals surface area contributed by atoms with E-state index in [-0.39, 0.29) is 24.0 Å². The minimum atomic E-state index is 0. The molecule has 0 fully saturated rings. The lowest BCUT2D eigenvalue weighted by atomic mass is 10.1. The van der Waals surface area contributed by atoms with Gasteiger partial charge in [-0.3, -0.25) is 0 Å². The van der Waals surface area contributed by atoms with Crippen molar-refractivity contribution in [1.29, 1.82) is 0 Å². The van der Waals surface area contributed by atoms with E-state index in [1.165, 1.54) is 5.56 Å².